The Balaban J connectivity index is 1.37. The lowest BCUT2D eigenvalue weighted by atomic mass is 9.54. The Kier molecular flexibility index (Phi) is 5.55. The third-order valence-corrected chi connectivity index (χ3v) is 9.35. The first kappa shape index (κ1) is 24.2. The van der Waals surface area contributed by atoms with Crippen LogP contribution < -0.4 is 9.47 Å². The van der Waals surface area contributed by atoms with E-state index >= 15 is 0 Å². The van der Waals surface area contributed by atoms with Gasteiger partial charge in [0.2, 0.25) is 0 Å². The average Bonchev–Trinajstić information content (AvgIpc) is 2.99. The number of hydrogen-bond donors (Lipinski definition) is 1. The summed E-state index contributed by atoms with van der Waals surface area (Å²) in [5.41, 5.74) is 2.65. The normalized spacial score (nSPS) is 31.0. The zero-order valence-electron chi connectivity index (χ0n) is 20.6. The summed E-state index contributed by atoms with van der Waals surface area (Å²) in [5, 5.41) is 12.9. The predicted octanol–water partition coefficient (Wildman–Crippen LogP) is 5.93. The maximum Gasteiger partial charge on any atom is 0.573 e. The van der Waals surface area contributed by atoms with Gasteiger partial charge in [-0.2, -0.15) is 0 Å². The van der Waals surface area contributed by atoms with E-state index in [1.54, 1.807) is 25.4 Å². The highest BCUT2D eigenvalue weighted by Gasteiger charge is 2.78. The van der Waals surface area contributed by atoms with Gasteiger partial charge in [0.25, 0.3) is 0 Å². The molecule has 3 aliphatic rings. The average molecular weight is 512 g/mol. The largest absolute Gasteiger partial charge is 0.573 e. The van der Waals surface area contributed by atoms with Gasteiger partial charge in [-0.1, -0.05) is 6.08 Å². The van der Waals surface area contributed by atoms with Crippen LogP contribution in [0.2, 0.25) is 0 Å². The second kappa shape index (κ2) is 8.46. The Bertz CT molecular complexity index is 1340. The van der Waals surface area contributed by atoms with E-state index in [1.807, 2.05) is 30.3 Å². The molecule has 37 heavy (non-hydrogen) atoms. The van der Waals surface area contributed by atoms with E-state index < -0.39 is 12.5 Å². The second-order valence-corrected chi connectivity index (χ2v) is 10.7. The van der Waals surface area contributed by atoms with Gasteiger partial charge in [-0.3, -0.25) is 4.98 Å². The number of quaternary nitrogens is 1. The van der Waals surface area contributed by atoms with Crippen molar-refractivity contribution in [2.75, 3.05) is 13.7 Å². The van der Waals surface area contributed by atoms with E-state index in [0.717, 1.165) is 52.3 Å². The van der Waals surface area contributed by atoms with Gasteiger partial charge in [0.05, 0.1) is 25.6 Å². The summed E-state index contributed by atoms with van der Waals surface area (Å²) in [6.45, 7) is 5.64. The number of aliphatic hydroxyl groups is 1. The number of alkyl halides is 3. The minimum atomic E-state index is -4.72. The molecule has 0 radical (unpaired) electrons. The summed E-state index contributed by atoms with van der Waals surface area (Å²) in [6, 6.07) is 13.7. The van der Waals surface area contributed by atoms with Crippen molar-refractivity contribution in [2.45, 2.75) is 49.9 Å². The van der Waals surface area contributed by atoms with Gasteiger partial charge in [0.15, 0.2) is 0 Å². The fourth-order valence-electron chi connectivity index (χ4n) is 7.64. The van der Waals surface area contributed by atoms with Crippen LogP contribution in [-0.4, -0.2) is 46.2 Å². The molecule has 2 aromatic carbocycles. The van der Waals surface area contributed by atoms with Crippen molar-refractivity contribution in [2.24, 2.45) is 11.8 Å². The van der Waals surface area contributed by atoms with Gasteiger partial charge in [0, 0.05) is 35.9 Å². The smallest absolute Gasteiger partial charge is 0.497 e. The number of pyridine rings is 1. The fraction of sp³-hybridized carbons (Fsp3) is 0.414. The molecule has 194 valence electrons. The standard InChI is InChI=1S/C29H30F3N2O3/c1-3-19-16-28-11-13-34(28,17-18-4-6-20(7-5-18)37-29(30,31)32)26(15-24(19)28)27(35)22-10-12-33-25-9-8-21(36-2)14-23(22)25/h3-10,12,14,19,24,26-27,35H,1,11,13,15-17H2,2H3/q+1/t19?,24?,26?,27-,28?,34?/m1/s1. The van der Waals surface area contributed by atoms with Gasteiger partial charge >= 0.3 is 6.36 Å². The lowest BCUT2D eigenvalue weighted by Gasteiger charge is -2.67. The monoisotopic (exact) mass is 511 g/mol. The van der Waals surface area contributed by atoms with E-state index in [4.69, 9.17) is 4.74 Å². The maximum absolute atomic E-state index is 12.6. The maximum atomic E-state index is 12.6. The molecular weight excluding hydrogens is 481 g/mol. The number of nitrogens with zero attached hydrogens (tertiary/aromatic N) is 2. The Morgan fingerprint density at radius 2 is 1.95 bits per heavy atom. The van der Waals surface area contributed by atoms with Crippen molar-refractivity contribution in [1.29, 1.82) is 0 Å². The second-order valence-electron chi connectivity index (χ2n) is 10.7. The SMILES string of the molecule is C=CC1CC23CC[N+]2(Cc2ccc(OC(F)(F)F)cc2)C([C@H](O)c2ccnc4ccc(OC)cc24)CC13. The van der Waals surface area contributed by atoms with E-state index in [9.17, 15) is 18.3 Å². The highest BCUT2D eigenvalue weighted by atomic mass is 19.4. The van der Waals surface area contributed by atoms with Crippen molar-refractivity contribution in [3.8, 4) is 11.5 Å². The highest BCUT2D eigenvalue weighted by molar-refractivity contribution is 5.84. The molecule has 5 unspecified atom stereocenters. The first-order valence-corrected chi connectivity index (χ1v) is 12.6. The van der Waals surface area contributed by atoms with Crippen LogP contribution in [0.1, 0.15) is 36.5 Å². The first-order chi connectivity index (χ1) is 17.7. The molecule has 1 saturated carbocycles. The Morgan fingerprint density at radius 3 is 2.59 bits per heavy atom. The van der Waals surface area contributed by atoms with Crippen LogP contribution in [0, 0.1) is 11.8 Å². The molecule has 6 rings (SSSR count). The Morgan fingerprint density at radius 1 is 1.19 bits per heavy atom. The number of rotatable bonds is 7. The van der Waals surface area contributed by atoms with Crippen molar-refractivity contribution in [3.63, 3.8) is 0 Å². The molecule has 0 amide bonds. The number of allylic oxidation sites excluding steroid dienone is 1. The molecule has 1 spiro atoms. The molecule has 1 aromatic heterocycles. The van der Waals surface area contributed by atoms with E-state index in [1.165, 1.54) is 12.1 Å². The molecular formula is C29H30F3N2O3+. The van der Waals surface area contributed by atoms with Crippen LogP contribution in [0.25, 0.3) is 10.9 Å². The zero-order chi connectivity index (χ0) is 26.0. The van der Waals surface area contributed by atoms with Gasteiger partial charge in [-0.15, -0.1) is 19.8 Å². The quantitative estimate of drug-likeness (QED) is 0.316. The number of ether oxygens (including phenoxy) is 2. The molecule has 2 saturated heterocycles. The molecule has 3 fully saturated rings. The molecule has 0 bridgehead atoms. The Labute approximate surface area is 213 Å². The lowest BCUT2D eigenvalue weighted by molar-refractivity contribution is -1.05. The molecule has 3 heterocycles. The third-order valence-electron chi connectivity index (χ3n) is 9.35. The van der Waals surface area contributed by atoms with Crippen LogP contribution in [-0.2, 0) is 6.54 Å². The van der Waals surface area contributed by atoms with Crippen LogP contribution in [0.5, 0.6) is 11.5 Å². The molecule has 1 aliphatic carbocycles. The van der Waals surface area contributed by atoms with Crippen LogP contribution >= 0.6 is 0 Å². The third kappa shape index (κ3) is 3.64. The molecule has 5 nitrogen and oxygen atoms in total. The van der Waals surface area contributed by atoms with Gasteiger partial charge in [0.1, 0.15) is 35.7 Å². The molecule has 2 aliphatic heterocycles. The van der Waals surface area contributed by atoms with Crippen molar-refractivity contribution >= 4 is 10.9 Å². The summed E-state index contributed by atoms with van der Waals surface area (Å²) >= 11 is 0. The molecule has 3 aromatic rings. The number of hydrogen-bond acceptors (Lipinski definition) is 4. The number of aromatic nitrogens is 1. The van der Waals surface area contributed by atoms with Crippen LogP contribution in [0.15, 0.2) is 67.4 Å². The highest BCUT2D eigenvalue weighted by Crippen LogP contribution is 2.69. The first-order valence-electron chi connectivity index (χ1n) is 12.6. The van der Waals surface area contributed by atoms with E-state index in [0.29, 0.717) is 24.1 Å². The van der Waals surface area contributed by atoms with Crippen LogP contribution in [0.4, 0.5) is 13.2 Å². The number of aliphatic hydroxyl groups excluding tert-OH is 1. The summed E-state index contributed by atoms with van der Waals surface area (Å²) < 4.78 is 48.2. The van der Waals surface area contributed by atoms with Gasteiger partial charge in [-0.25, -0.2) is 0 Å². The van der Waals surface area contributed by atoms with E-state index in [-0.39, 0.29) is 17.3 Å². The predicted molar refractivity (Wildman–Crippen MR) is 133 cm³/mol. The summed E-state index contributed by atoms with van der Waals surface area (Å²) in [4.78, 5) is 4.48. The fourth-order valence-corrected chi connectivity index (χ4v) is 7.64. The number of methoxy groups -OCH3 is 1. The lowest BCUT2D eigenvalue weighted by Crippen LogP contribution is -2.79. The number of halogens is 3. The topological polar surface area (TPSA) is 51.6 Å². The summed E-state index contributed by atoms with van der Waals surface area (Å²) in [6.07, 6.45) is 1.34. The minimum Gasteiger partial charge on any atom is -0.497 e. The van der Waals surface area contributed by atoms with Crippen molar-refractivity contribution < 1.29 is 32.2 Å². The van der Waals surface area contributed by atoms with Crippen molar-refractivity contribution in [1.82, 2.24) is 4.98 Å². The molecule has 6 atom stereocenters. The summed E-state index contributed by atoms with van der Waals surface area (Å²) in [5.74, 6) is 1.34. The van der Waals surface area contributed by atoms with Gasteiger partial charge in [-0.05, 0) is 60.0 Å². The van der Waals surface area contributed by atoms with Gasteiger partial charge < -0.3 is 19.1 Å². The molecule has 8 heteroatoms. The number of benzene rings is 2. The van der Waals surface area contributed by atoms with Crippen LogP contribution in [0.3, 0.4) is 0 Å². The zero-order valence-corrected chi connectivity index (χ0v) is 20.6. The van der Waals surface area contributed by atoms with E-state index in [2.05, 4.69) is 16.3 Å². The summed E-state index contributed by atoms with van der Waals surface area (Å²) in [7, 11) is 1.62. The minimum absolute atomic E-state index is 0.0494. The Hall–Kier alpha value is -3.10. The van der Waals surface area contributed by atoms with Crippen molar-refractivity contribution in [3.05, 3.63) is 78.5 Å². The molecule has 1 N–H and O–H groups in total. The number of fused-ring (bicyclic) bond motifs is 1.